The van der Waals surface area contributed by atoms with Crippen molar-refractivity contribution in [2.24, 2.45) is 0 Å². The summed E-state index contributed by atoms with van der Waals surface area (Å²) in [7, 11) is 3.30. The minimum atomic E-state index is 0.762. The van der Waals surface area contributed by atoms with E-state index in [1.807, 2.05) is 18.2 Å². The van der Waals surface area contributed by atoms with Gasteiger partial charge in [-0.1, -0.05) is 6.07 Å². The quantitative estimate of drug-likeness (QED) is 0.730. The number of benzene rings is 1. The summed E-state index contributed by atoms with van der Waals surface area (Å²) in [5, 5.41) is 4.09. The molecule has 0 amide bonds. The fourth-order valence-corrected chi connectivity index (χ4v) is 2.12. The van der Waals surface area contributed by atoms with Crippen LogP contribution in [-0.4, -0.2) is 14.2 Å². The molecule has 1 aromatic carbocycles. The van der Waals surface area contributed by atoms with Crippen LogP contribution in [0.25, 0.3) is 10.1 Å². The van der Waals surface area contributed by atoms with Crippen molar-refractivity contribution in [3.63, 3.8) is 0 Å². The maximum absolute atomic E-state index is 5.23. The molecule has 1 aromatic heterocycles. The molecule has 0 spiro atoms. The molecule has 67 valence electrons. The molecule has 0 saturated heterocycles. The Bertz CT molecular complexity index is 420. The lowest BCUT2D eigenvalue weighted by molar-refractivity contribution is 0.406. The van der Waals surface area contributed by atoms with E-state index in [2.05, 4.69) is 5.38 Å². The van der Waals surface area contributed by atoms with Crippen molar-refractivity contribution in [1.29, 1.82) is 0 Å². The molecular formula is C10H9O2S. The molecule has 0 aliphatic heterocycles. The molecule has 2 aromatic rings. The maximum Gasteiger partial charge on any atom is 0.150 e. The maximum atomic E-state index is 5.23. The monoisotopic (exact) mass is 193 g/mol. The molecule has 0 bridgehead atoms. The smallest absolute Gasteiger partial charge is 0.150 e. The highest BCUT2D eigenvalue weighted by atomic mass is 32.1. The summed E-state index contributed by atoms with van der Waals surface area (Å²) in [4.78, 5) is 0. The number of hydrogen-bond donors (Lipinski definition) is 0. The van der Waals surface area contributed by atoms with Gasteiger partial charge in [0, 0.05) is 4.70 Å². The van der Waals surface area contributed by atoms with E-state index in [-0.39, 0.29) is 0 Å². The van der Waals surface area contributed by atoms with Gasteiger partial charge in [0.1, 0.15) is 11.5 Å². The fraction of sp³-hybridized carbons (Fsp3) is 0.200. The highest BCUT2D eigenvalue weighted by Gasteiger charge is 2.09. The molecule has 0 aliphatic carbocycles. The minimum Gasteiger partial charge on any atom is -0.496 e. The van der Waals surface area contributed by atoms with E-state index in [1.165, 1.54) is 11.3 Å². The Balaban J connectivity index is 2.76. The average molecular weight is 193 g/mol. The molecule has 13 heavy (non-hydrogen) atoms. The van der Waals surface area contributed by atoms with Crippen LogP contribution in [0, 0.1) is 5.38 Å². The Morgan fingerprint density at radius 2 is 2.08 bits per heavy atom. The Labute approximate surface area is 80.7 Å². The van der Waals surface area contributed by atoms with E-state index in [0.29, 0.717) is 0 Å². The van der Waals surface area contributed by atoms with E-state index >= 15 is 0 Å². The molecule has 0 N–H and O–H groups in total. The third-order valence-electron chi connectivity index (χ3n) is 1.89. The van der Waals surface area contributed by atoms with E-state index in [1.54, 1.807) is 14.2 Å². The molecule has 0 aliphatic rings. The average Bonchev–Trinajstić information content (AvgIpc) is 2.60. The van der Waals surface area contributed by atoms with Crippen molar-refractivity contribution < 1.29 is 9.47 Å². The summed E-state index contributed by atoms with van der Waals surface area (Å²) in [6.45, 7) is 0. The molecular weight excluding hydrogens is 184 g/mol. The molecule has 1 radical (unpaired) electrons. The van der Waals surface area contributed by atoms with E-state index < -0.39 is 0 Å². The highest BCUT2D eigenvalue weighted by Crippen LogP contribution is 2.37. The van der Waals surface area contributed by atoms with Crippen molar-refractivity contribution >= 4 is 21.4 Å². The SMILES string of the molecule is COc1[c]sc2cccc(OC)c12. The van der Waals surface area contributed by atoms with Gasteiger partial charge < -0.3 is 9.47 Å². The van der Waals surface area contributed by atoms with Crippen LogP contribution < -0.4 is 9.47 Å². The topological polar surface area (TPSA) is 18.5 Å². The summed E-state index contributed by atoms with van der Waals surface area (Å²) >= 11 is 1.54. The Morgan fingerprint density at radius 3 is 2.77 bits per heavy atom. The third-order valence-corrected chi connectivity index (χ3v) is 2.74. The van der Waals surface area contributed by atoms with Crippen LogP contribution in [0.2, 0.25) is 0 Å². The molecule has 0 unspecified atom stereocenters. The number of ether oxygens (including phenoxy) is 2. The van der Waals surface area contributed by atoms with E-state index in [0.717, 1.165) is 21.6 Å². The molecule has 2 nitrogen and oxygen atoms in total. The summed E-state index contributed by atoms with van der Waals surface area (Å²) in [5.41, 5.74) is 0. The van der Waals surface area contributed by atoms with Gasteiger partial charge >= 0.3 is 0 Å². The highest BCUT2D eigenvalue weighted by molar-refractivity contribution is 7.17. The van der Waals surface area contributed by atoms with Crippen LogP contribution in [0.1, 0.15) is 0 Å². The lowest BCUT2D eigenvalue weighted by atomic mass is 10.2. The molecule has 0 fully saturated rings. The normalized spacial score (nSPS) is 10.3. The Morgan fingerprint density at radius 1 is 1.23 bits per heavy atom. The van der Waals surface area contributed by atoms with Crippen LogP contribution in [0.3, 0.4) is 0 Å². The van der Waals surface area contributed by atoms with Gasteiger partial charge in [0.2, 0.25) is 0 Å². The molecule has 0 saturated carbocycles. The molecule has 2 rings (SSSR count). The first-order chi connectivity index (χ1) is 6.36. The molecule has 1 heterocycles. The zero-order valence-electron chi connectivity index (χ0n) is 7.46. The van der Waals surface area contributed by atoms with Gasteiger partial charge in [0.15, 0.2) is 0 Å². The zero-order chi connectivity index (χ0) is 9.26. The summed E-state index contributed by atoms with van der Waals surface area (Å²) in [5.74, 6) is 1.60. The second-order valence-corrected chi connectivity index (χ2v) is 3.42. The van der Waals surface area contributed by atoms with Gasteiger partial charge in [-0.25, -0.2) is 0 Å². The van der Waals surface area contributed by atoms with Crippen molar-refractivity contribution in [2.45, 2.75) is 0 Å². The van der Waals surface area contributed by atoms with Crippen LogP contribution >= 0.6 is 11.3 Å². The van der Waals surface area contributed by atoms with Crippen molar-refractivity contribution in [1.82, 2.24) is 0 Å². The number of fused-ring (bicyclic) bond motifs is 1. The lowest BCUT2D eigenvalue weighted by Gasteiger charge is -2.02. The van der Waals surface area contributed by atoms with Crippen molar-refractivity contribution in [3.8, 4) is 11.5 Å². The third kappa shape index (κ3) is 1.25. The number of thiophene rings is 1. The lowest BCUT2D eigenvalue weighted by Crippen LogP contribution is -1.85. The van der Waals surface area contributed by atoms with Gasteiger partial charge in [0.25, 0.3) is 0 Å². The van der Waals surface area contributed by atoms with Gasteiger partial charge in [-0.15, -0.1) is 11.3 Å². The summed E-state index contributed by atoms with van der Waals surface area (Å²) < 4.78 is 11.6. The standard InChI is InChI=1S/C10H9O2S/c1-11-7-4-3-5-9-10(7)8(12-2)6-13-9/h3-5H,1-2H3. The van der Waals surface area contributed by atoms with E-state index in [4.69, 9.17) is 9.47 Å². The second-order valence-electron chi connectivity index (χ2n) is 2.57. The van der Waals surface area contributed by atoms with Crippen LogP contribution in [0.4, 0.5) is 0 Å². The predicted molar refractivity (Wildman–Crippen MR) is 53.8 cm³/mol. The fourth-order valence-electron chi connectivity index (χ4n) is 1.29. The summed E-state index contributed by atoms with van der Waals surface area (Å²) in [6, 6.07) is 5.91. The number of rotatable bonds is 2. The van der Waals surface area contributed by atoms with Crippen molar-refractivity contribution in [2.75, 3.05) is 14.2 Å². The first-order valence-electron chi connectivity index (χ1n) is 3.88. The summed E-state index contributed by atoms with van der Waals surface area (Å²) in [6.07, 6.45) is 0. The largest absolute Gasteiger partial charge is 0.496 e. The van der Waals surface area contributed by atoms with Gasteiger partial charge in [0.05, 0.1) is 25.0 Å². The first-order valence-corrected chi connectivity index (χ1v) is 4.69. The Hall–Kier alpha value is -1.22. The van der Waals surface area contributed by atoms with Gasteiger partial charge in [-0.2, -0.15) is 0 Å². The predicted octanol–water partition coefficient (Wildman–Crippen LogP) is 2.72. The Kier molecular flexibility index (Phi) is 2.10. The van der Waals surface area contributed by atoms with Crippen LogP contribution in [0.5, 0.6) is 11.5 Å². The second kappa shape index (κ2) is 3.26. The van der Waals surface area contributed by atoms with Gasteiger partial charge in [-0.3, -0.25) is 0 Å². The van der Waals surface area contributed by atoms with Crippen molar-refractivity contribution in [3.05, 3.63) is 23.6 Å². The minimum absolute atomic E-state index is 0.762. The molecule has 3 heteroatoms. The first kappa shape index (κ1) is 8.38. The van der Waals surface area contributed by atoms with Crippen LogP contribution in [-0.2, 0) is 0 Å². The number of hydrogen-bond acceptors (Lipinski definition) is 3. The van der Waals surface area contributed by atoms with Gasteiger partial charge in [-0.05, 0) is 12.1 Å². The van der Waals surface area contributed by atoms with Crippen LogP contribution in [0.15, 0.2) is 18.2 Å². The molecule has 0 atom stereocenters. The van der Waals surface area contributed by atoms with E-state index in [9.17, 15) is 0 Å². The number of methoxy groups -OCH3 is 2. The zero-order valence-corrected chi connectivity index (χ0v) is 8.27.